The van der Waals surface area contributed by atoms with Crippen LogP contribution in [0.2, 0.25) is 0 Å². The predicted molar refractivity (Wildman–Crippen MR) is 124 cm³/mol. The van der Waals surface area contributed by atoms with Crippen molar-refractivity contribution < 1.29 is 13.9 Å². The van der Waals surface area contributed by atoms with Crippen molar-refractivity contribution in [3.8, 4) is 11.6 Å². The van der Waals surface area contributed by atoms with Gasteiger partial charge in [-0.2, -0.15) is 0 Å². The number of hydrogen-bond acceptors (Lipinski definition) is 3. The van der Waals surface area contributed by atoms with Gasteiger partial charge < -0.3 is 14.0 Å². The molecular weight excluding hydrogens is 415 g/mol. The number of hydrogen-bond donors (Lipinski definition) is 0. The zero-order chi connectivity index (χ0) is 21.1. The highest BCUT2D eigenvalue weighted by Gasteiger charge is 2.16. The zero-order valence-electron chi connectivity index (χ0n) is 17.9. The molecule has 2 aromatic heterocycles. The fraction of sp³-hybridized carbons (Fsp3) is 0.240. The van der Waals surface area contributed by atoms with Crippen molar-refractivity contribution in [1.29, 1.82) is 0 Å². The second-order valence-electron chi connectivity index (χ2n) is 7.38. The van der Waals surface area contributed by atoms with Gasteiger partial charge in [0.25, 0.3) is 0 Å². The summed E-state index contributed by atoms with van der Waals surface area (Å²) >= 11 is 0. The van der Waals surface area contributed by atoms with Gasteiger partial charge in [0.2, 0.25) is 5.88 Å². The molecule has 0 aliphatic carbocycles. The van der Waals surface area contributed by atoms with Gasteiger partial charge in [0.1, 0.15) is 17.1 Å². The molecule has 0 N–H and O–H groups in total. The molecule has 31 heavy (non-hydrogen) atoms. The highest BCUT2D eigenvalue weighted by molar-refractivity contribution is 5.89. The number of benzene rings is 2. The number of aryl methyl sites for hydroxylation is 1. The lowest BCUT2D eigenvalue weighted by Crippen LogP contribution is -2.07. The van der Waals surface area contributed by atoms with Crippen LogP contribution in [0.3, 0.4) is 0 Å². The number of pyridine rings is 1. The van der Waals surface area contributed by atoms with Crippen molar-refractivity contribution in [3.63, 3.8) is 0 Å². The summed E-state index contributed by atoms with van der Waals surface area (Å²) in [6.07, 6.45) is 2.48. The van der Waals surface area contributed by atoms with Gasteiger partial charge in [-0.05, 0) is 60.9 Å². The third-order valence-electron chi connectivity index (χ3n) is 5.55. The minimum Gasteiger partial charge on any atom is -0.497 e. The van der Waals surface area contributed by atoms with Crippen molar-refractivity contribution in [2.24, 2.45) is 0 Å². The Morgan fingerprint density at radius 2 is 1.61 bits per heavy atom. The lowest BCUT2D eigenvalue weighted by atomic mass is 10.1. The molecule has 0 spiro atoms. The maximum Gasteiger partial charge on any atom is 0.238 e. The third kappa shape index (κ3) is 4.83. The Balaban J connectivity index is 0.00000272. The molecule has 0 aliphatic rings. The van der Waals surface area contributed by atoms with Crippen LogP contribution in [0.15, 0.2) is 60.8 Å². The summed E-state index contributed by atoms with van der Waals surface area (Å²) in [6, 6.07) is 16.6. The lowest BCUT2D eigenvalue weighted by molar-refractivity contribution is 0.312. The summed E-state index contributed by atoms with van der Waals surface area (Å²) in [5, 5.41) is 1.15. The van der Waals surface area contributed by atoms with Crippen molar-refractivity contribution in [1.82, 2.24) is 9.55 Å². The molecular formula is C25H26ClFN2O2. The van der Waals surface area contributed by atoms with Crippen LogP contribution in [-0.4, -0.2) is 23.3 Å². The van der Waals surface area contributed by atoms with Gasteiger partial charge >= 0.3 is 0 Å². The van der Waals surface area contributed by atoms with Gasteiger partial charge in [-0.15, -0.1) is 12.4 Å². The van der Waals surface area contributed by atoms with E-state index < -0.39 is 0 Å². The van der Waals surface area contributed by atoms with Gasteiger partial charge in [0.05, 0.1) is 13.7 Å². The molecule has 0 saturated heterocycles. The van der Waals surface area contributed by atoms with Crippen LogP contribution in [-0.2, 0) is 13.0 Å². The summed E-state index contributed by atoms with van der Waals surface area (Å²) in [5.41, 5.74) is 5.63. The van der Waals surface area contributed by atoms with E-state index in [1.54, 1.807) is 25.4 Å². The smallest absolute Gasteiger partial charge is 0.238 e. The average molecular weight is 441 g/mol. The Morgan fingerprint density at radius 3 is 2.29 bits per heavy atom. The minimum absolute atomic E-state index is 0. The van der Waals surface area contributed by atoms with E-state index in [9.17, 15) is 4.39 Å². The molecule has 0 unspecified atom stereocenters. The number of rotatable bonds is 7. The molecule has 0 atom stereocenters. The lowest BCUT2D eigenvalue weighted by Gasteiger charge is -2.12. The Kier molecular flexibility index (Phi) is 7.18. The van der Waals surface area contributed by atoms with E-state index in [0.29, 0.717) is 18.9 Å². The summed E-state index contributed by atoms with van der Waals surface area (Å²) < 4.78 is 26.7. The summed E-state index contributed by atoms with van der Waals surface area (Å²) in [5.74, 6) is 1.24. The van der Waals surface area contributed by atoms with Crippen LogP contribution in [0.1, 0.15) is 22.4 Å². The number of aromatic nitrogens is 2. The quantitative estimate of drug-likeness (QED) is 0.359. The second-order valence-corrected chi connectivity index (χ2v) is 7.38. The zero-order valence-corrected chi connectivity index (χ0v) is 18.7. The first kappa shape index (κ1) is 22.6. The molecule has 4 nitrogen and oxygen atoms in total. The first-order valence-corrected chi connectivity index (χ1v) is 10.0. The van der Waals surface area contributed by atoms with Crippen LogP contribution >= 0.6 is 12.4 Å². The maximum absolute atomic E-state index is 13.1. The number of methoxy groups -OCH3 is 1. The molecule has 2 heterocycles. The van der Waals surface area contributed by atoms with Crippen LogP contribution in [0.5, 0.6) is 11.6 Å². The van der Waals surface area contributed by atoms with Crippen molar-refractivity contribution in [2.75, 3.05) is 13.7 Å². The predicted octanol–water partition coefficient (Wildman–Crippen LogP) is 5.89. The number of nitrogens with zero attached hydrogens (tertiary/aromatic N) is 2. The summed E-state index contributed by atoms with van der Waals surface area (Å²) in [7, 11) is 1.67. The molecule has 0 saturated carbocycles. The molecule has 0 fully saturated rings. The fourth-order valence-electron chi connectivity index (χ4n) is 3.70. The topological polar surface area (TPSA) is 36.3 Å². The largest absolute Gasteiger partial charge is 0.497 e. The first-order valence-electron chi connectivity index (χ1n) is 10.0. The molecule has 6 heteroatoms. The average Bonchev–Trinajstić information content (AvgIpc) is 3.01. The van der Waals surface area contributed by atoms with E-state index in [-0.39, 0.29) is 18.2 Å². The first-order chi connectivity index (χ1) is 14.6. The Morgan fingerprint density at radius 1 is 0.935 bits per heavy atom. The summed E-state index contributed by atoms with van der Waals surface area (Å²) in [6.45, 7) is 5.45. The molecule has 0 radical (unpaired) electrons. The van der Waals surface area contributed by atoms with Gasteiger partial charge in [-0.1, -0.05) is 24.3 Å². The molecule has 0 bridgehead atoms. The molecule has 162 valence electrons. The number of halogens is 2. The Hall–Kier alpha value is -3.05. The number of ether oxygens (including phenoxy) is 2. The van der Waals surface area contributed by atoms with E-state index in [4.69, 9.17) is 9.47 Å². The molecule has 2 aromatic carbocycles. The van der Waals surface area contributed by atoms with E-state index in [2.05, 4.69) is 35.5 Å². The number of fused-ring (bicyclic) bond motifs is 1. The molecule has 0 amide bonds. The van der Waals surface area contributed by atoms with Gasteiger partial charge in [0.15, 0.2) is 0 Å². The second kappa shape index (κ2) is 9.84. The van der Waals surface area contributed by atoms with Gasteiger partial charge in [-0.25, -0.2) is 9.37 Å². The van der Waals surface area contributed by atoms with Crippen molar-refractivity contribution in [2.45, 2.75) is 26.8 Å². The monoisotopic (exact) mass is 440 g/mol. The minimum atomic E-state index is -0.228. The van der Waals surface area contributed by atoms with Crippen LogP contribution in [0, 0.1) is 19.7 Å². The van der Waals surface area contributed by atoms with E-state index in [0.717, 1.165) is 28.8 Å². The normalized spacial score (nSPS) is 10.7. The van der Waals surface area contributed by atoms with Gasteiger partial charge in [0, 0.05) is 30.2 Å². The highest BCUT2D eigenvalue weighted by Crippen LogP contribution is 2.31. The van der Waals surface area contributed by atoms with E-state index in [1.165, 1.54) is 29.0 Å². The molecule has 4 rings (SSSR count). The summed E-state index contributed by atoms with van der Waals surface area (Å²) in [4.78, 5) is 4.51. The van der Waals surface area contributed by atoms with E-state index in [1.807, 2.05) is 18.2 Å². The van der Waals surface area contributed by atoms with Crippen molar-refractivity contribution >= 4 is 23.3 Å². The van der Waals surface area contributed by atoms with Crippen LogP contribution in [0.4, 0.5) is 4.39 Å². The van der Waals surface area contributed by atoms with E-state index >= 15 is 0 Å². The van der Waals surface area contributed by atoms with Crippen LogP contribution < -0.4 is 9.47 Å². The van der Waals surface area contributed by atoms with Crippen molar-refractivity contribution in [3.05, 3.63) is 89.0 Å². The molecule has 0 aliphatic heterocycles. The Bertz CT molecular complexity index is 1160. The fourth-order valence-corrected chi connectivity index (χ4v) is 3.70. The van der Waals surface area contributed by atoms with Crippen LogP contribution in [0.25, 0.3) is 10.9 Å². The third-order valence-corrected chi connectivity index (χ3v) is 5.55. The van der Waals surface area contributed by atoms with Gasteiger partial charge in [-0.3, -0.25) is 0 Å². The standard InChI is InChI=1S/C25H25FN2O2.ClH/c1-17-18(2)28(16-20-6-10-22(29-3)11-7-20)24-23(17)12-14-27-25(24)30-15-13-19-4-8-21(26)9-5-19;/h4-12,14H,13,15-16H2,1-3H3;1H. The highest BCUT2D eigenvalue weighted by atomic mass is 35.5. The maximum atomic E-state index is 13.1. The molecule has 4 aromatic rings. The SMILES string of the molecule is COc1ccc(Cn2c(C)c(C)c3ccnc(OCCc4ccc(F)cc4)c32)cc1.Cl. The Labute approximate surface area is 188 Å².